The first-order valence-corrected chi connectivity index (χ1v) is 9.45. The average Bonchev–Trinajstić information content (AvgIpc) is 2.48. The zero-order chi connectivity index (χ0) is 15.5. The smallest absolute Gasteiger partial charge is 0.243 e. The van der Waals surface area contributed by atoms with Crippen LogP contribution in [0.3, 0.4) is 0 Å². The van der Waals surface area contributed by atoms with Crippen LogP contribution in [0.4, 0.5) is 5.69 Å². The van der Waals surface area contributed by atoms with E-state index in [9.17, 15) is 13.2 Å². The molecular weight excluding hydrogens is 356 g/mol. The van der Waals surface area contributed by atoms with Crippen LogP contribution in [0, 0.1) is 5.92 Å². The van der Waals surface area contributed by atoms with Crippen LogP contribution in [0.5, 0.6) is 0 Å². The predicted molar refractivity (Wildman–Crippen MR) is 86.0 cm³/mol. The number of amides is 1. The number of carbonyl (C=O) groups is 1. The lowest BCUT2D eigenvalue weighted by Crippen LogP contribution is -2.37. The topological polar surface area (TPSA) is 66.5 Å². The number of halogens is 1. The first kappa shape index (κ1) is 16.5. The average molecular weight is 375 g/mol. The predicted octanol–water partition coefficient (Wildman–Crippen LogP) is 2.44. The number of benzene rings is 1. The highest BCUT2D eigenvalue weighted by Gasteiger charge is 2.27. The second kappa shape index (κ2) is 6.89. The molecule has 1 amide bonds. The number of anilines is 1. The molecule has 0 aromatic heterocycles. The maximum absolute atomic E-state index is 12.5. The highest BCUT2D eigenvalue weighted by Crippen LogP contribution is 2.24. The van der Waals surface area contributed by atoms with Gasteiger partial charge >= 0.3 is 0 Å². The Morgan fingerprint density at radius 3 is 2.38 bits per heavy atom. The molecule has 21 heavy (non-hydrogen) atoms. The molecule has 0 radical (unpaired) electrons. The molecule has 0 aliphatic carbocycles. The maximum atomic E-state index is 12.5. The Morgan fingerprint density at radius 1 is 1.29 bits per heavy atom. The Balaban J connectivity index is 2.12. The second-order valence-corrected chi connectivity index (χ2v) is 7.79. The Bertz CT molecular complexity index is 593. The van der Waals surface area contributed by atoms with Crippen LogP contribution >= 0.6 is 15.9 Å². The Labute approximate surface area is 133 Å². The summed E-state index contributed by atoms with van der Waals surface area (Å²) in [6.07, 6.45) is 1.80. The summed E-state index contributed by atoms with van der Waals surface area (Å²) in [5.74, 6) is 0.411. The van der Waals surface area contributed by atoms with Crippen molar-refractivity contribution in [3.63, 3.8) is 0 Å². The van der Waals surface area contributed by atoms with Gasteiger partial charge < -0.3 is 5.32 Å². The first-order valence-electron chi connectivity index (χ1n) is 6.89. The minimum atomic E-state index is -3.42. The van der Waals surface area contributed by atoms with Gasteiger partial charge in [0.05, 0.1) is 10.2 Å². The number of carbonyl (C=O) groups excluding carboxylic acids is 1. The van der Waals surface area contributed by atoms with E-state index in [0.717, 1.165) is 12.8 Å². The van der Waals surface area contributed by atoms with Gasteiger partial charge in [-0.15, -0.1) is 0 Å². The monoisotopic (exact) mass is 374 g/mol. The molecular formula is C14H19BrN2O3S. The summed E-state index contributed by atoms with van der Waals surface area (Å²) < 4.78 is 26.6. The molecule has 1 fully saturated rings. The molecule has 0 saturated carbocycles. The van der Waals surface area contributed by atoms with Gasteiger partial charge in [0.15, 0.2) is 0 Å². The summed E-state index contributed by atoms with van der Waals surface area (Å²) in [4.78, 5) is 11.5. The van der Waals surface area contributed by atoms with Crippen molar-refractivity contribution in [3.05, 3.63) is 24.3 Å². The highest BCUT2D eigenvalue weighted by molar-refractivity contribution is 9.09. The fraction of sp³-hybridized carbons (Fsp3) is 0.500. The third-order valence-corrected chi connectivity index (χ3v) is 6.06. The molecule has 1 N–H and O–H groups in total. The third-order valence-electron chi connectivity index (χ3n) is 3.64. The van der Waals surface area contributed by atoms with Gasteiger partial charge in [-0.3, -0.25) is 4.79 Å². The van der Waals surface area contributed by atoms with E-state index in [1.807, 2.05) is 0 Å². The quantitative estimate of drug-likeness (QED) is 0.823. The van der Waals surface area contributed by atoms with Crippen LogP contribution in [-0.2, 0) is 14.8 Å². The number of nitrogens with zero attached hydrogens (tertiary/aromatic N) is 1. The van der Waals surface area contributed by atoms with Crippen molar-refractivity contribution < 1.29 is 13.2 Å². The molecule has 1 aromatic rings. The summed E-state index contributed by atoms with van der Waals surface area (Å²) in [6, 6.07) is 6.30. The molecule has 2 rings (SSSR count). The minimum Gasteiger partial charge on any atom is -0.325 e. The molecule has 0 atom stereocenters. The van der Waals surface area contributed by atoms with E-state index in [4.69, 9.17) is 0 Å². The van der Waals surface area contributed by atoms with Crippen molar-refractivity contribution in [3.8, 4) is 0 Å². The Morgan fingerprint density at radius 2 is 1.86 bits per heavy atom. The number of hydrogen-bond donors (Lipinski definition) is 1. The van der Waals surface area contributed by atoms with Crippen molar-refractivity contribution >= 4 is 37.5 Å². The number of hydrogen-bond acceptors (Lipinski definition) is 3. The van der Waals surface area contributed by atoms with Crippen molar-refractivity contribution in [2.24, 2.45) is 5.92 Å². The maximum Gasteiger partial charge on any atom is 0.243 e. The van der Waals surface area contributed by atoms with E-state index in [0.29, 0.717) is 24.7 Å². The number of sulfonamides is 1. The summed E-state index contributed by atoms with van der Waals surface area (Å²) >= 11 is 3.06. The summed E-state index contributed by atoms with van der Waals surface area (Å²) in [7, 11) is -3.42. The van der Waals surface area contributed by atoms with Crippen LogP contribution < -0.4 is 5.32 Å². The van der Waals surface area contributed by atoms with Gasteiger partial charge in [0, 0.05) is 18.8 Å². The SMILES string of the molecule is CC1CCN(S(=O)(=O)c2ccc(NC(=O)CBr)cc2)CC1. The van der Waals surface area contributed by atoms with E-state index in [2.05, 4.69) is 28.2 Å². The van der Waals surface area contributed by atoms with E-state index < -0.39 is 10.0 Å². The number of rotatable bonds is 4. The normalized spacial score (nSPS) is 17.6. The van der Waals surface area contributed by atoms with Crippen molar-refractivity contribution in [1.29, 1.82) is 0 Å². The van der Waals surface area contributed by atoms with E-state index in [-0.39, 0.29) is 16.1 Å². The molecule has 1 aliphatic heterocycles. The first-order chi connectivity index (χ1) is 9.93. The molecule has 5 nitrogen and oxygen atoms in total. The van der Waals surface area contributed by atoms with Gasteiger partial charge in [-0.05, 0) is 43.0 Å². The fourth-order valence-corrected chi connectivity index (χ4v) is 3.89. The summed E-state index contributed by atoms with van der Waals surface area (Å²) in [6.45, 7) is 3.29. The van der Waals surface area contributed by atoms with Crippen LogP contribution in [0.2, 0.25) is 0 Å². The second-order valence-electron chi connectivity index (χ2n) is 5.29. The molecule has 116 valence electrons. The lowest BCUT2D eigenvalue weighted by Gasteiger charge is -2.29. The molecule has 1 heterocycles. The third kappa shape index (κ3) is 4.05. The van der Waals surface area contributed by atoms with Gasteiger partial charge in [-0.1, -0.05) is 22.9 Å². The largest absolute Gasteiger partial charge is 0.325 e. The van der Waals surface area contributed by atoms with Crippen LogP contribution in [-0.4, -0.2) is 37.0 Å². The lowest BCUT2D eigenvalue weighted by molar-refractivity contribution is -0.113. The van der Waals surface area contributed by atoms with Gasteiger partial charge in [0.1, 0.15) is 0 Å². The minimum absolute atomic E-state index is 0.171. The number of alkyl halides is 1. The Hall–Kier alpha value is -0.920. The molecule has 1 saturated heterocycles. The van der Waals surface area contributed by atoms with E-state index >= 15 is 0 Å². The van der Waals surface area contributed by atoms with Gasteiger partial charge in [0.25, 0.3) is 0 Å². The number of nitrogens with one attached hydrogen (secondary N) is 1. The number of piperidine rings is 1. The highest BCUT2D eigenvalue weighted by atomic mass is 79.9. The zero-order valence-corrected chi connectivity index (χ0v) is 14.3. The molecule has 1 aromatic carbocycles. The zero-order valence-electron chi connectivity index (χ0n) is 11.9. The van der Waals surface area contributed by atoms with E-state index in [1.165, 1.54) is 12.1 Å². The summed E-state index contributed by atoms with van der Waals surface area (Å²) in [5.41, 5.74) is 0.589. The molecule has 1 aliphatic rings. The molecule has 0 spiro atoms. The van der Waals surface area contributed by atoms with Gasteiger partial charge in [-0.25, -0.2) is 8.42 Å². The van der Waals surface area contributed by atoms with Gasteiger partial charge in [-0.2, -0.15) is 4.31 Å². The van der Waals surface area contributed by atoms with Crippen LogP contribution in [0.25, 0.3) is 0 Å². The summed E-state index contributed by atoms with van der Waals surface area (Å²) in [5, 5.41) is 2.87. The van der Waals surface area contributed by atoms with Crippen molar-refractivity contribution in [1.82, 2.24) is 4.31 Å². The molecule has 0 unspecified atom stereocenters. The van der Waals surface area contributed by atoms with Crippen molar-refractivity contribution in [2.45, 2.75) is 24.7 Å². The van der Waals surface area contributed by atoms with Gasteiger partial charge in [0.2, 0.25) is 15.9 Å². The molecule has 7 heteroatoms. The Kier molecular flexibility index (Phi) is 5.40. The fourth-order valence-electron chi connectivity index (χ4n) is 2.28. The standard InChI is InChI=1S/C14H19BrN2O3S/c1-11-6-8-17(9-7-11)21(19,20)13-4-2-12(3-5-13)16-14(18)10-15/h2-5,11H,6-10H2,1H3,(H,16,18). The lowest BCUT2D eigenvalue weighted by atomic mass is 10.0. The van der Waals surface area contributed by atoms with E-state index in [1.54, 1.807) is 16.4 Å². The molecule has 0 bridgehead atoms. The van der Waals surface area contributed by atoms with Crippen LogP contribution in [0.1, 0.15) is 19.8 Å². The van der Waals surface area contributed by atoms with Crippen molar-refractivity contribution in [2.75, 3.05) is 23.7 Å². The van der Waals surface area contributed by atoms with Crippen LogP contribution in [0.15, 0.2) is 29.2 Å².